The maximum absolute atomic E-state index is 4.49. The summed E-state index contributed by atoms with van der Waals surface area (Å²) in [5, 5.41) is 0.654. The Balaban J connectivity index is 2.26. The molecule has 1 heterocycles. The molecule has 0 bridgehead atoms. The SMILES string of the molecule is CC(C)(C)CN1CCC(S)CC1. The Hall–Kier alpha value is 0.310. The van der Waals surface area contributed by atoms with E-state index in [0.29, 0.717) is 10.7 Å². The van der Waals surface area contributed by atoms with E-state index in [9.17, 15) is 0 Å². The van der Waals surface area contributed by atoms with Crippen LogP contribution >= 0.6 is 12.6 Å². The van der Waals surface area contributed by atoms with Gasteiger partial charge in [0.1, 0.15) is 0 Å². The second-order valence-corrected chi connectivity index (χ2v) is 5.80. The molecule has 0 aromatic rings. The summed E-state index contributed by atoms with van der Waals surface area (Å²) in [7, 11) is 0. The van der Waals surface area contributed by atoms with E-state index in [-0.39, 0.29) is 0 Å². The molecular formula is C10H21NS. The molecule has 72 valence electrons. The lowest BCUT2D eigenvalue weighted by atomic mass is 9.95. The minimum absolute atomic E-state index is 0.448. The molecule has 0 atom stereocenters. The van der Waals surface area contributed by atoms with Crippen molar-refractivity contribution in [2.75, 3.05) is 19.6 Å². The molecule has 0 saturated carbocycles. The number of piperidine rings is 1. The van der Waals surface area contributed by atoms with Crippen molar-refractivity contribution in [3.8, 4) is 0 Å². The molecule has 0 N–H and O–H groups in total. The number of nitrogens with zero attached hydrogens (tertiary/aromatic N) is 1. The lowest BCUT2D eigenvalue weighted by Crippen LogP contribution is -2.39. The molecule has 1 fully saturated rings. The summed E-state index contributed by atoms with van der Waals surface area (Å²) >= 11 is 4.49. The second-order valence-electron chi connectivity index (χ2n) is 5.07. The van der Waals surface area contributed by atoms with Crippen LogP contribution in [0.5, 0.6) is 0 Å². The van der Waals surface area contributed by atoms with E-state index in [1.807, 2.05) is 0 Å². The van der Waals surface area contributed by atoms with Crippen LogP contribution in [-0.4, -0.2) is 29.8 Å². The van der Waals surface area contributed by atoms with Gasteiger partial charge in [-0.25, -0.2) is 0 Å². The van der Waals surface area contributed by atoms with E-state index in [2.05, 4.69) is 38.3 Å². The maximum atomic E-state index is 4.49. The van der Waals surface area contributed by atoms with Gasteiger partial charge in [0.15, 0.2) is 0 Å². The fraction of sp³-hybridized carbons (Fsp3) is 1.00. The average molecular weight is 187 g/mol. The topological polar surface area (TPSA) is 3.24 Å². The molecule has 12 heavy (non-hydrogen) atoms. The molecular weight excluding hydrogens is 166 g/mol. The van der Waals surface area contributed by atoms with E-state index in [1.165, 1.54) is 32.5 Å². The fourth-order valence-corrected chi connectivity index (χ4v) is 1.98. The Bertz CT molecular complexity index is 131. The van der Waals surface area contributed by atoms with E-state index in [0.717, 1.165) is 0 Å². The van der Waals surface area contributed by atoms with Gasteiger partial charge in [-0.15, -0.1) is 0 Å². The number of rotatable bonds is 1. The quantitative estimate of drug-likeness (QED) is 0.617. The van der Waals surface area contributed by atoms with E-state index in [1.54, 1.807) is 0 Å². The van der Waals surface area contributed by atoms with Gasteiger partial charge in [-0.05, 0) is 31.3 Å². The molecule has 0 aliphatic carbocycles. The van der Waals surface area contributed by atoms with E-state index >= 15 is 0 Å². The second kappa shape index (κ2) is 4.01. The van der Waals surface area contributed by atoms with Gasteiger partial charge in [0.25, 0.3) is 0 Å². The lowest BCUT2D eigenvalue weighted by Gasteiger charge is -2.34. The minimum Gasteiger partial charge on any atom is -0.303 e. The number of likely N-dealkylation sites (tertiary alicyclic amines) is 1. The Morgan fingerprint density at radius 2 is 1.75 bits per heavy atom. The molecule has 0 unspecified atom stereocenters. The first-order valence-corrected chi connectivity index (χ1v) is 5.39. The van der Waals surface area contributed by atoms with Crippen LogP contribution in [0.1, 0.15) is 33.6 Å². The molecule has 1 nitrogen and oxygen atoms in total. The van der Waals surface area contributed by atoms with Crippen molar-refractivity contribution in [1.82, 2.24) is 4.90 Å². The summed E-state index contributed by atoms with van der Waals surface area (Å²) < 4.78 is 0. The first-order chi connectivity index (χ1) is 5.47. The lowest BCUT2D eigenvalue weighted by molar-refractivity contribution is 0.167. The predicted octanol–water partition coefficient (Wildman–Crippen LogP) is 2.43. The van der Waals surface area contributed by atoms with Gasteiger partial charge in [-0.3, -0.25) is 0 Å². The summed E-state index contributed by atoms with van der Waals surface area (Å²) in [6, 6.07) is 0. The van der Waals surface area contributed by atoms with Crippen LogP contribution in [0, 0.1) is 5.41 Å². The Kier molecular flexibility index (Phi) is 3.47. The monoisotopic (exact) mass is 187 g/mol. The Morgan fingerprint density at radius 3 is 2.17 bits per heavy atom. The van der Waals surface area contributed by atoms with Crippen molar-refractivity contribution in [2.45, 2.75) is 38.9 Å². The van der Waals surface area contributed by atoms with Gasteiger partial charge < -0.3 is 4.90 Å². The predicted molar refractivity (Wildman–Crippen MR) is 57.9 cm³/mol. The Labute approximate surface area is 81.9 Å². The largest absolute Gasteiger partial charge is 0.303 e. The highest BCUT2D eigenvalue weighted by Gasteiger charge is 2.20. The third-order valence-corrected chi connectivity index (χ3v) is 2.77. The molecule has 1 aliphatic rings. The van der Waals surface area contributed by atoms with Crippen LogP contribution in [0.15, 0.2) is 0 Å². The summed E-state index contributed by atoms with van der Waals surface area (Å²) in [4.78, 5) is 2.56. The number of thiol groups is 1. The maximum Gasteiger partial charge on any atom is 0.00411 e. The van der Waals surface area contributed by atoms with E-state index in [4.69, 9.17) is 0 Å². The molecule has 0 spiro atoms. The van der Waals surface area contributed by atoms with Gasteiger partial charge in [0.05, 0.1) is 0 Å². The van der Waals surface area contributed by atoms with Crippen molar-refractivity contribution >= 4 is 12.6 Å². The van der Waals surface area contributed by atoms with Gasteiger partial charge in [0, 0.05) is 11.8 Å². The normalized spacial score (nSPS) is 23.0. The zero-order chi connectivity index (χ0) is 9.19. The molecule has 0 aromatic heterocycles. The van der Waals surface area contributed by atoms with Gasteiger partial charge in [-0.1, -0.05) is 20.8 Å². The first-order valence-electron chi connectivity index (χ1n) is 4.88. The third kappa shape index (κ3) is 3.81. The molecule has 0 aromatic carbocycles. The van der Waals surface area contributed by atoms with Crippen LogP contribution in [-0.2, 0) is 0 Å². The molecule has 0 radical (unpaired) electrons. The third-order valence-electron chi connectivity index (χ3n) is 2.26. The average Bonchev–Trinajstić information content (AvgIpc) is 1.91. The van der Waals surface area contributed by atoms with Gasteiger partial charge in [-0.2, -0.15) is 12.6 Å². The van der Waals surface area contributed by atoms with Crippen LogP contribution in [0.3, 0.4) is 0 Å². The van der Waals surface area contributed by atoms with Crippen molar-refractivity contribution in [3.63, 3.8) is 0 Å². The Morgan fingerprint density at radius 1 is 1.25 bits per heavy atom. The van der Waals surface area contributed by atoms with E-state index < -0.39 is 0 Å². The highest BCUT2D eigenvalue weighted by molar-refractivity contribution is 7.80. The molecule has 2 heteroatoms. The molecule has 1 saturated heterocycles. The van der Waals surface area contributed by atoms with Crippen LogP contribution in [0.2, 0.25) is 0 Å². The zero-order valence-corrected chi connectivity index (χ0v) is 9.40. The minimum atomic E-state index is 0.448. The van der Waals surface area contributed by atoms with Crippen LogP contribution < -0.4 is 0 Å². The first kappa shape index (κ1) is 10.4. The standard InChI is InChI=1S/C10H21NS/c1-10(2,3)8-11-6-4-9(12)5-7-11/h9,12H,4-8H2,1-3H3. The summed E-state index contributed by atoms with van der Waals surface area (Å²) in [5.74, 6) is 0. The fourth-order valence-electron chi connectivity index (χ4n) is 1.75. The van der Waals surface area contributed by atoms with Crippen molar-refractivity contribution in [1.29, 1.82) is 0 Å². The number of hydrogen-bond donors (Lipinski definition) is 1. The van der Waals surface area contributed by atoms with Crippen molar-refractivity contribution in [2.24, 2.45) is 5.41 Å². The summed E-state index contributed by atoms with van der Waals surface area (Å²) in [6.07, 6.45) is 2.53. The summed E-state index contributed by atoms with van der Waals surface area (Å²) in [6.45, 7) is 10.6. The molecule has 1 rings (SSSR count). The van der Waals surface area contributed by atoms with Gasteiger partial charge in [0.2, 0.25) is 0 Å². The van der Waals surface area contributed by atoms with Crippen molar-refractivity contribution < 1.29 is 0 Å². The zero-order valence-electron chi connectivity index (χ0n) is 8.51. The molecule has 1 aliphatic heterocycles. The highest BCUT2D eigenvalue weighted by Crippen LogP contribution is 2.20. The van der Waals surface area contributed by atoms with Gasteiger partial charge >= 0.3 is 0 Å². The molecule has 0 amide bonds. The summed E-state index contributed by atoms with van der Waals surface area (Å²) in [5.41, 5.74) is 0.448. The van der Waals surface area contributed by atoms with Crippen molar-refractivity contribution in [3.05, 3.63) is 0 Å². The highest BCUT2D eigenvalue weighted by atomic mass is 32.1. The number of hydrogen-bond acceptors (Lipinski definition) is 2. The van der Waals surface area contributed by atoms with Crippen LogP contribution in [0.4, 0.5) is 0 Å². The van der Waals surface area contributed by atoms with Crippen LogP contribution in [0.25, 0.3) is 0 Å². The smallest absolute Gasteiger partial charge is 0.00411 e.